The van der Waals surface area contributed by atoms with Gasteiger partial charge in [-0.05, 0) is 48.7 Å². The van der Waals surface area contributed by atoms with Gasteiger partial charge in [0.05, 0.1) is 0 Å². The molecule has 0 saturated carbocycles. The Labute approximate surface area is 169 Å². The molecule has 1 fully saturated rings. The molecule has 152 valence electrons. The molecule has 0 spiro atoms. The molecule has 2 aromatic carbocycles. The van der Waals surface area contributed by atoms with Gasteiger partial charge < -0.3 is 4.90 Å². The molecule has 0 N–H and O–H groups in total. The summed E-state index contributed by atoms with van der Waals surface area (Å²) in [5.41, 5.74) is 2.60. The number of carbonyl (C=O) groups is 3. The normalized spacial score (nSPS) is 16.5. The number of aryl methyl sites for hydroxylation is 1. The molecule has 1 saturated heterocycles. The number of urea groups is 1. The second kappa shape index (κ2) is 8.43. The lowest BCUT2D eigenvalue weighted by Crippen LogP contribution is -2.42. The van der Waals surface area contributed by atoms with Crippen molar-refractivity contribution in [3.05, 3.63) is 65.5 Å². The number of rotatable bonds is 6. The molecule has 2 aromatic rings. The summed E-state index contributed by atoms with van der Waals surface area (Å²) in [6.07, 6.45) is 0.941. The zero-order valence-corrected chi connectivity index (χ0v) is 16.8. The van der Waals surface area contributed by atoms with Crippen molar-refractivity contribution >= 4 is 23.5 Å². The van der Waals surface area contributed by atoms with Gasteiger partial charge in [-0.2, -0.15) is 0 Å². The summed E-state index contributed by atoms with van der Waals surface area (Å²) in [5.74, 6) is -1.21. The monoisotopic (exact) mass is 397 g/mol. The lowest BCUT2D eigenvalue weighted by atomic mass is 10.1. The Hall–Kier alpha value is -3.22. The third kappa shape index (κ3) is 4.29. The Morgan fingerprint density at radius 3 is 2.21 bits per heavy atom. The van der Waals surface area contributed by atoms with E-state index in [0.29, 0.717) is 12.2 Å². The minimum atomic E-state index is -0.757. The molecule has 29 heavy (non-hydrogen) atoms. The first kappa shape index (κ1) is 20.5. The number of likely N-dealkylation sites (N-methyl/N-ethyl adjacent to an activating group) is 1. The fourth-order valence-corrected chi connectivity index (χ4v) is 3.31. The Morgan fingerprint density at radius 2 is 1.62 bits per heavy atom. The number of nitrogens with zero attached hydrogens (tertiary/aromatic N) is 3. The second-order valence-electron chi connectivity index (χ2n) is 7.15. The highest BCUT2D eigenvalue weighted by molar-refractivity contribution is 6.15. The first-order valence-corrected chi connectivity index (χ1v) is 9.53. The van der Waals surface area contributed by atoms with Gasteiger partial charge in [0.25, 0.3) is 5.91 Å². The van der Waals surface area contributed by atoms with Crippen LogP contribution in [0, 0.1) is 5.82 Å². The van der Waals surface area contributed by atoms with Crippen LogP contribution in [0.5, 0.6) is 0 Å². The van der Waals surface area contributed by atoms with Crippen LogP contribution in [0.4, 0.5) is 14.9 Å². The molecule has 1 aliphatic heterocycles. The predicted octanol–water partition coefficient (Wildman–Crippen LogP) is 3.20. The molecule has 1 heterocycles. The van der Waals surface area contributed by atoms with Crippen LogP contribution in [0.3, 0.4) is 0 Å². The Bertz CT molecular complexity index is 912. The van der Waals surface area contributed by atoms with Crippen molar-refractivity contribution in [2.75, 3.05) is 18.5 Å². The number of carbonyl (C=O) groups excluding carboxylic acids is 3. The number of amides is 4. The summed E-state index contributed by atoms with van der Waals surface area (Å²) >= 11 is 0. The van der Waals surface area contributed by atoms with Crippen molar-refractivity contribution < 1.29 is 18.8 Å². The van der Waals surface area contributed by atoms with Crippen molar-refractivity contribution in [3.8, 4) is 0 Å². The summed E-state index contributed by atoms with van der Waals surface area (Å²) in [6.45, 7) is 3.72. The standard InChI is InChI=1S/C22H24FN3O3/c1-4-16-5-7-17(8-6-16)13-24(3)20(27)14-25-21(28)15(2)26(22(25)29)19-11-9-18(23)10-12-19/h5-12,15H,4,13-14H2,1-3H3. The average Bonchev–Trinajstić information content (AvgIpc) is 2.92. The van der Waals surface area contributed by atoms with Crippen molar-refractivity contribution in [2.24, 2.45) is 0 Å². The number of hydrogen-bond donors (Lipinski definition) is 0. The first-order chi connectivity index (χ1) is 13.8. The van der Waals surface area contributed by atoms with Gasteiger partial charge in [0.15, 0.2) is 0 Å². The van der Waals surface area contributed by atoms with Crippen LogP contribution in [-0.2, 0) is 22.6 Å². The summed E-state index contributed by atoms with van der Waals surface area (Å²) in [4.78, 5) is 41.7. The average molecular weight is 397 g/mol. The van der Waals surface area contributed by atoms with Gasteiger partial charge in [0.2, 0.25) is 5.91 Å². The second-order valence-corrected chi connectivity index (χ2v) is 7.15. The van der Waals surface area contributed by atoms with Gasteiger partial charge in [0, 0.05) is 19.3 Å². The van der Waals surface area contributed by atoms with Crippen molar-refractivity contribution in [1.29, 1.82) is 0 Å². The maximum Gasteiger partial charge on any atom is 0.332 e. The topological polar surface area (TPSA) is 60.9 Å². The van der Waals surface area contributed by atoms with E-state index in [-0.39, 0.29) is 12.5 Å². The molecular weight excluding hydrogens is 373 g/mol. The fraction of sp³-hybridized carbons (Fsp3) is 0.318. The first-order valence-electron chi connectivity index (χ1n) is 9.53. The molecule has 1 aliphatic rings. The molecule has 0 aliphatic carbocycles. The van der Waals surface area contributed by atoms with Crippen LogP contribution in [0.2, 0.25) is 0 Å². The summed E-state index contributed by atoms with van der Waals surface area (Å²) < 4.78 is 13.2. The van der Waals surface area contributed by atoms with Crippen molar-refractivity contribution in [2.45, 2.75) is 32.9 Å². The highest BCUT2D eigenvalue weighted by Crippen LogP contribution is 2.26. The molecule has 4 amide bonds. The van der Waals surface area contributed by atoms with E-state index in [1.807, 2.05) is 24.3 Å². The van der Waals surface area contributed by atoms with E-state index in [1.165, 1.54) is 39.6 Å². The van der Waals surface area contributed by atoms with E-state index in [9.17, 15) is 18.8 Å². The van der Waals surface area contributed by atoms with Crippen LogP contribution >= 0.6 is 0 Å². The maximum absolute atomic E-state index is 13.2. The summed E-state index contributed by atoms with van der Waals surface area (Å²) in [7, 11) is 1.64. The maximum atomic E-state index is 13.2. The number of imide groups is 1. The number of anilines is 1. The zero-order valence-electron chi connectivity index (χ0n) is 16.8. The van der Waals surface area contributed by atoms with E-state index in [4.69, 9.17) is 0 Å². The third-order valence-electron chi connectivity index (χ3n) is 5.12. The van der Waals surface area contributed by atoms with Crippen LogP contribution in [-0.4, -0.2) is 47.3 Å². The molecule has 0 bridgehead atoms. The van der Waals surface area contributed by atoms with Gasteiger partial charge in [-0.15, -0.1) is 0 Å². The third-order valence-corrected chi connectivity index (χ3v) is 5.12. The van der Waals surface area contributed by atoms with Gasteiger partial charge in [-0.3, -0.25) is 19.4 Å². The lowest BCUT2D eigenvalue weighted by molar-refractivity contribution is -0.136. The molecule has 7 heteroatoms. The van der Waals surface area contributed by atoms with Gasteiger partial charge in [0.1, 0.15) is 18.4 Å². The highest BCUT2D eigenvalue weighted by atomic mass is 19.1. The molecule has 6 nitrogen and oxygen atoms in total. The van der Waals surface area contributed by atoms with Crippen molar-refractivity contribution in [1.82, 2.24) is 9.80 Å². The van der Waals surface area contributed by atoms with Crippen LogP contribution in [0.25, 0.3) is 0 Å². The predicted molar refractivity (Wildman–Crippen MR) is 108 cm³/mol. The quantitative estimate of drug-likeness (QED) is 0.704. The Kier molecular flexibility index (Phi) is 5.96. The molecule has 1 unspecified atom stereocenters. The smallest absolute Gasteiger partial charge is 0.332 e. The van der Waals surface area contributed by atoms with Gasteiger partial charge in [-0.25, -0.2) is 9.18 Å². The molecule has 1 atom stereocenters. The van der Waals surface area contributed by atoms with Gasteiger partial charge in [-0.1, -0.05) is 31.2 Å². The minimum Gasteiger partial charge on any atom is -0.340 e. The number of hydrogen-bond acceptors (Lipinski definition) is 3. The largest absolute Gasteiger partial charge is 0.340 e. The SMILES string of the molecule is CCc1ccc(CN(C)C(=O)CN2C(=O)C(C)N(c3ccc(F)cc3)C2=O)cc1. The summed E-state index contributed by atoms with van der Waals surface area (Å²) in [6, 6.07) is 12.0. The molecule has 0 radical (unpaired) electrons. The van der Waals surface area contributed by atoms with Gasteiger partial charge >= 0.3 is 6.03 Å². The fourth-order valence-electron chi connectivity index (χ4n) is 3.31. The van der Waals surface area contributed by atoms with Crippen LogP contribution in [0.1, 0.15) is 25.0 Å². The minimum absolute atomic E-state index is 0.330. The van der Waals surface area contributed by atoms with Crippen molar-refractivity contribution in [3.63, 3.8) is 0 Å². The number of halogens is 1. The number of benzene rings is 2. The lowest BCUT2D eigenvalue weighted by Gasteiger charge is -2.21. The van der Waals surface area contributed by atoms with E-state index in [2.05, 4.69) is 6.92 Å². The van der Waals surface area contributed by atoms with E-state index >= 15 is 0 Å². The van der Waals surface area contributed by atoms with Crippen LogP contribution < -0.4 is 4.90 Å². The highest BCUT2D eigenvalue weighted by Gasteiger charge is 2.44. The van der Waals surface area contributed by atoms with E-state index < -0.39 is 23.8 Å². The van der Waals surface area contributed by atoms with E-state index in [1.54, 1.807) is 14.0 Å². The van der Waals surface area contributed by atoms with Crippen LogP contribution in [0.15, 0.2) is 48.5 Å². The molecule has 0 aromatic heterocycles. The molecule has 3 rings (SSSR count). The molecular formula is C22H24FN3O3. The zero-order chi connectivity index (χ0) is 21.1. The summed E-state index contributed by atoms with van der Waals surface area (Å²) in [5, 5.41) is 0. The van der Waals surface area contributed by atoms with E-state index in [0.717, 1.165) is 16.9 Å². The Morgan fingerprint density at radius 1 is 1.03 bits per heavy atom. The Balaban J connectivity index is 1.68.